The van der Waals surface area contributed by atoms with Crippen LogP contribution in [0.1, 0.15) is 5.56 Å². The fourth-order valence-corrected chi connectivity index (χ4v) is 2.71. The number of hydrogen-bond acceptors (Lipinski definition) is 3. The van der Waals surface area contributed by atoms with Crippen LogP contribution in [-0.2, 0) is 0 Å². The Morgan fingerprint density at radius 2 is 1.61 bits per heavy atom. The standard InChI is InChI=1S/C19H16N4/c1-13-6-10-17(11-7-13)23-19(20)18(21-22-23)16-9-8-14-4-2-3-5-15(14)12-16/h2-12H,20H2,1H3. The van der Waals surface area contributed by atoms with Gasteiger partial charge in [-0.15, -0.1) is 5.10 Å². The number of nitrogen functional groups attached to an aromatic ring is 1. The van der Waals surface area contributed by atoms with E-state index in [1.807, 2.05) is 42.5 Å². The largest absolute Gasteiger partial charge is 0.382 e. The van der Waals surface area contributed by atoms with E-state index in [9.17, 15) is 0 Å². The SMILES string of the molecule is Cc1ccc(-n2nnc(-c3ccc4ccccc4c3)c2N)cc1. The van der Waals surface area contributed by atoms with Crippen LogP contribution in [-0.4, -0.2) is 15.0 Å². The van der Waals surface area contributed by atoms with Crippen molar-refractivity contribution in [2.24, 2.45) is 0 Å². The molecule has 0 amide bonds. The molecule has 0 unspecified atom stereocenters. The number of nitrogens with two attached hydrogens (primary N) is 1. The van der Waals surface area contributed by atoms with Gasteiger partial charge in [-0.05, 0) is 35.9 Å². The van der Waals surface area contributed by atoms with Crippen LogP contribution in [0.25, 0.3) is 27.7 Å². The zero-order valence-electron chi connectivity index (χ0n) is 12.8. The monoisotopic (exact) mass is 300 g/mol. The zero-order valence-corrected chi connectivity index (χ0v) is 12.8. The first-order valence-corrected chi connectivity index (χ1v) is 7.50. The van der Waals surface area contributed by atoms with E-state index in [0.29, 0.717) is 11.5 Å². The van der Waals surface area contributed by atoms with E-state index in [4.69, 9.17) is 5.73 Å². The lowest BCUT2D eigenvalue weighted by atomic mass is 10.1. The van der Waals surface area contributed by atoms with Gasteiger partial charge in [-0.1, -0.05) is 59.3 Å². The molecule has 4 nitrogen and oxygen atoms in total. The number of fused-ring (bicyclic) bond motifs is 1. The van der Waals surface area contributed by atoms with E-state index < -0.39 is 0 Å². The highest BCUT2D eigenvalue weighted by Gasteiger charge is 2.13. The first-order chi connectivity index (χ1) is 11.2. The van der Waals surface area contributed by atoms with Crippen molar-refractivity contribution in [2.75, 3.05) is 5.73 Å². The fraction of sp³-hybridized carbons (Fsp3) is 0.0526. The molecule has 3 aromatic carbocycles. The minimum atomic E-state index is 0.545. The van der Waals surface area contributed by atoms with E-state index in [-0.39, 0.29) is 0 Å². The highest BCUT2D eigenvalue weighted by atomic mass is 15.5. The molecule has 0 aliphatic rings. The molecule has 0 saturated heterocycles. The van der Waals surface area contributed by atoms with Crippen LogP contribution in [0.3, 0.4) is 0 Å². The van der Waals surface area contributed by atoms with Crippen molar-refractivity contribution in [1.29, 1.82) is 0 Å². The molecular formula is C19H16N4. The number of hydrogen-bond donors (Lipinski definition) is 1. The topological polar surface area (TPSA) is 56.7 Å². The van der Waals surface area contributed by atoms with E-state index in [0.717, 1.165) is 16.6 Å². The molecule has 4 heteroatoms. The Balaban J connectivity index is 1.81. The molecule has 0 atom stereocenters. The summed E-state index contributed by atoms with van der Waals surface area (Å²) < 4.78 is 1.67. The maximum Gasteiger partial charge on any atom is 0.155 e. The zero-order chi connectivity index (χ0) is 15.8. The van der Waals surface area contributed by atoms with Crippen LogP contribution < -0.4 is 5.73 Å². The molecule has 4 rings (SSSR count). The lowest BCUT2D eigenvalue weighted by Crippen LogP contribution is -2.02. The molecule has 2 N–H and O–H groups in total. The Hall–Kier alpha value is -3.14. The van der Waals surface area contributed by atoms with Gasteiger partial charge in [0.2, 0.25) is 0 Å². The maximum absolute atomic E-state index is 6.29. The molecule has 0 saturated carbocycles. The third-order valence-corrected chi connectivity index (χ3v) is 4.01. The molecule has 0 fully saturated rings. The Labute approximate surface area is 134 Å². The summed E-state index contributed by atoms with van der Waals surface area (Å²) in [7, 11) is 0. The number of aryl methyl sites for hydroxylation is 1. The summed E-state index contributed by atoms with van der Waals surface area (Å²) in [4.78, 5) is 0. The summed E-state index contributed by atoms with van der Waals surface area (Å²) in [6, 6.07) is 22.5. The van der Waals surface area contributed by atoms with Crippen molar-refractivity contribution in [2.45, 2.75) is 6.92 Å². The summed E-state index contributed by atoms with van der Waals surface area (Å²) in [5.74, 6) is 0.545. The third-order valence-electron chi connectivity index (χ3n) is 4.01. The lowest BCUT2D eigenvalue weighted by molar-refractivity contribution is 0.810. The summed E-state index contributed by atoms with van der Waals surface area (Å²) in [6.45, 7) is 2.05. The van der Waals surface area contributed by atoms with Gasteiger partial charge in [0.1, 0.15) is 5.69 Å². The van der Waals surface area contributed by atoms with E-state index >= 15 is 0 Å². The predicted molar refractivity (Wildman–Crippen MR) is 93.5 cm³/mol. The maximum atomic E-state index is 6.29. The van der Waals surface area contributed by atoms with Crippen LogP contribution in [0.2, 0.25) is 0 Å². The van der Waals surface area contributed by atoms with Crippen molar-refractivity contribution >= 4 is 16.6 Å². The quantitative estimate of drug-likeness (QED) is 0.609. The predicted octanol–water partition coefficient (Wildman–Crippen LogP) is 3.98. The van der Waals surface area contributed by atoms with Gasteiger partial charge in [-0.2, -0.15) is 4.68 Å². The Morgan fingerprint density at radius 3 is 2.39 bits per heavy atom. The van der Waals surface area contributed by atoms with Gasteiger partial charge in [-0.25, -0.2) is 0 Å². The van der Waals surface area contributed by atoms with Crippen molar-refractivity contribution in [3.05, 3.63) is 72.3 Å². The second-order valence-electron chi connectivity index (χ2n) is 5.63. The minimum Gasteiger partial charge on any atom is -0.382 e. The molecule has 23 heavy (non-hydrogen) atoms. The van der Waals surface area contributed by atoms with Crippen molar-refractivity contribution in [1.82, 2.24) is 15.0 Å². The molecule has 4 aromatic rings. The summed E-state index contributed by atoms with van der Waals surface area (Å²) in [5, 5.41) is 10.8. The van der Waals surface area contributed by atoms with E-state index in [1.54, 1.807) is 4.68 Å². The van der Waals surface area contributed by atoms with Crippen molar-refractivity contribution in [3.63, 3.8) is 0 Å². The third kappa shape index (κ3) is 2.34. The number of benzene rings is 3. The Kier molecular flexibility index (Phi) is 3.08. The van der Waals surface area contributed by atoms with Crippen LogP contribution in [0.15, 0.2) is 66.7 Å². The van der Waals surface area contributed by atoms with E-state index in [1.165, 1.54) is 10.9 Å². The molecular weight excluding hydrogens is 284 g/mol. The van der Waals surface area contributed by atoms with Gasteiger partial charge < -0.3 is 5.73 Å². The van der Waals surface area contributed by atoms with Gasteiger partial charge in [-0.3, -0.25) is 0 Å². The van der Waals surface area contributed by atoms with Gasteiger partial charge in [0.15, 0.2) is 5.82 Å². The second kappa shape index (κ2) is 5.25. The van der Waals surface area contributed by atoms with Gasteiger partial charge >= 0.3 is 0 Å². The smallest absolute Gasteiger partial charge is 0.155 e. The molecule has 0 spiro atoms. The summed E-state index contributed by atoms with van der Waals surface area (Å²) in [5.41, 5.74) is 10.1. The van der Waals surface area contributed by atoms with Gasteiger partial charge in [0, 0.05) is 5.56 Å². The van der Waals surface area contributed by atoms with Gasteiger partial charge in [0.05, 0.1) is 5.69 Å². The number of nitrogens with zero attached hydrogens (tertiary/aromatic N) is 3. The average molecular weight is 300 g/mol. The average Bonchev–Trinajstić information content (AvgIpc) is 2.97. The molecule has 0 radical (unpaired) electrons. The normalized spacial score (nSPS) is 11.0. The first-order valence-electron chi connectivity index (χ1n) is 7.50. The molecule has 1 aromatic heterocycles. The first kappa shape index (κ1) is 13.5. The molecule has 0 bridgehead atoms. The molecule has 1 heterocycles. The number of aromatic nitrogens is 3. The van der Waals surface area contributed by atoms with Crippen LogP contribution in [0, 0.1) is 6.92 Å². The number of rotatable bonds is 2. The lowest BCUT2D eigenvalue weighted by Gasteiger charge is -2.05. The van der Waals surface area contributed by atoms with Crippen molar-refractivity contribution in [3.8, 4) is 16.9 Å². The minimum absolute atomic E-state index is 0.545. The van der Waals surface area contributed by atoms with Crippen LogP contribution >= 0.6 is 0 Å². The van der Waals surface area contributed by atoms with Crippen LogP contribution in [0.4, 0.5) is 5.82 Å². The molecule has 112 valence electrons. The number of anilines is 1. The summed E-state index contributed by atoms with van der Waals surface area (Å²) >= 11 is 0. The Morgan fingerprint density at radius 1 is 0.870 bits per heavy atom. The van der Waals surface area contributed by atoms with E-state index in [2.05, 4.69) is 41.5 Å². The fourth-order valence-electron chi connectivity index (χ4n) is 2.71. The van der Waals surface area contributed by atoms with Crippen LogP contribution in [0.5, 0.6) is 0 Å². The summed E-state index contributed by atoms with van der Waals surface area (Å²) in [6.07, 6.45) is 0. The molecule has 0 aliphatic heterocycles. The highest BCUT2D eigenvalue weighted by molar-refractivity contribution is 5.88. The van der Waals surface area contributed by atoms with Crippen molar-refractivity contribution < 1.29 is 0 Å². The highest BCUT2D eigenvalue weighted by Crippen LogP contribution is 2.28. The molecule has 0 aliphatic carbocycles. The Bertz CT molecular complexity index is 984. The second-order valence-corrected chi connectivity index (χ2v) is 5.63. The van der Waals surface area contributed by atoms with Gasteiger partial charge in [0.25, 0.3) is 0 Å².